The number of nitrogens with one attached hydrogen (secondary N) is 4. The molecule has 6 N–H and O–H groups in total. The Morgan fingerprint density at radius 3 is 2.10 bits per heavy atom. The number of hydrogen-bond acceptors (Lipinski definition) is 7. The van der Waals surface area contributed by atoms with Crippen molar-refractivity contribution in [1.82, 2.24) is 20.9 Å². The molecule has 1 heterocycles. The zero-order valence-electron chi connectivity index (χ0n) is 27.5. The van der Waals surface area contributed by atoms with Crippen LogP contribution in [0.5, 0.6) is 5.75 Å². The summed E-state index contributed by atoms with van der Waals surface area (Å²) < 4.78 is 5.44. The molecule has 1 aromatic heterocycles. The quantitative estimate of drug-likeness (QED) is 0.117. The number of aromatic nitrogens is 1. The van der Waals surface area contributed by atoms with Crippen LogP contribution in [0.15, 0.2) is 85.1 Å². The molecule has 3 aromatic carbocycles. The number of carboxylic acid groups (broad SMARTS) is 1. The minimum Gasteiger partial charge on any atom is -0.508 e. The topological polar surface area (TPSA) is 173 Å². The maximum atomic E-state index is 14.0. The third-order valence-corrected chi connectivity index (χ3v) is 7.68. The van der Waals surface area contributed by atoms with Crippen molar-refractivity contribution in [3.05, 3.63) is 96.2 Å². The average molecular weight is 658 g/mol. The summed E-state index contributed by atoms with van der Waals surface area (Å²) in [6.45, 7) is 5.47. The van der Waals surface area contributed by atoms with E-state index in [0.29, 0.717) is 12.1 Å². The molecule has 4 rings (SSSR count). The lowest BCUT2D eigenvalue weighted by molar-refractivity contribution is -0.142. The predicted molar refractivity (Wildman–Crippen MR) is 183 cm³/mol. The first kappa shape index (κ1) is 35.3. The summed E-state index contributed by atoms with van der Waals surface area (Å²) in [4.78, 5) is 57.9. The maximum Gasteiger partial charge on any atom is 0.408 e. The van der Waals surface area contributed by atoms with E-state index in [4.69, 9.17) is 4.74 Å². The second kappa shape index (κ2) is 15.9. The number of amides is 3. The summed E-state index contributed by atoms with van der Waals surface area (Å²) in [6, 6.07) is 19.5. The summed E-state index contributed by atoms with van der Waals surface area (Å²) in [5.74, 6) is -2.56. The van der Waals surface area contributed by atoms with Crippen LogP contribution in [-0.4, -0.2) is 76.4 Å². The number of aromatic amines is 1. The molecule has 48 heavy (non-hydrogen) atoms. The van der Waals surface area contributed by atoms with E-state index in [1.54, 1.807) is 39.1 Å². The van der Waals surface area contributed by atoms with E-state index in [2.05, 4.69) is 20.9 Å². The molecule has 12 heteroatoms. The highest BCUT2D eigenvalue weighted by atomic mass is 16.6. The Bertz CT molecular complexity index is 1700. The Kier molecular flexibility index (Phi) is 11.7. The minimum absolute atomic E-state index is 0.0298. The number of H-pyrrole nitrogens is 1. The third kappa shape index (κ3) is 10.2. The van der Waals surface area contributed by atoms with Crippen LogP contribution in [0.1, 0.15) is 38.3 Å². The predicted octanol–water partition coefficient (Wildman–Crippen LogP) is 4.13. The van der Waals surface area contributed by atoms with Crippen molar-refractivity contribution in [2.75, 3.05) is 18.5 Å². The van der Waals surface area contributed by atoms with Crippen molar-refractivity contribution in [3.8, 4) is 5.75 Å². The number of hydrogen-bond donors (Lipinski definition) is 6. The van der Waals surface area contributed by atoms with E-state index in [9.17, 15) is 29.4 Å². The number of aromatic hydroxyl groups is 1. The lowest BCUT2D eigenvalue weighted by Crippen LogP contribution is -2.57. The second-order valence-corrected chi connectivity index (χ2v) is 12.6. The third-order valence-electron chi connectivity index (χ3n) is 7.68. The fourth-order valence-corrected chi connectivity index (χ4v) is 5.20. The smallest absolute Gasteiger partial charge is 0.408 e. The van der Waals surface area contributed by atoms with Crippen LogP contribution in [0.4, 0.5) is 10.5 Å². The van der Waals surface area contributed by atoms with Gasteiger partial charge in [-0.3, -0.25) is 9.59 Å². The van der Waals surface area contributed by atoms with Crippen LogP contribution in [0.2, 0.25) is 0 Å². The molecule has 4 aromatic rings. The number of alkyl carbamates (subject to hydrolysis) is 1. The molecule has 254 valence electrons. The molecule has 0 aliphatic rings. The number of phenols is 1. The number of fused-ring (bicyclic) bond motifs is 1. The number of anilines is 1. The maximum absolute atomic E-state index is 14.0. The van der Waals surface area contributed by atoms with Gasteiger partial charge in [0, 0.05) is 49.2 Å². The fraction of sp³-hybridized carbons (Fsp3) is 0.333. The highest BCUT2D eigenvalue weighted by molar-refractivity contribution is 5.93. The number of benzene rings is 3. The number of rotatable bonds is 14. The molecule has 0 saturated carbocycles. The first-order valence-corrected chi connectivity index (χ1v) is 15.7. The Morgan fingerprint density at radius 1 is 0.812 bits per heavy atom. The van der Waals surface area contributed by atoms with Gasteiger partial charge < -0.3 is 40.8 Å². The molecule has 0 aliphatic heterocycles. The van der Waals surface area contributed by atoms with E-state index in [0.717, 1.165) is 22.2 Å². The summed E-state index contributed by atoms with van der Waals surface area (Å²) in [5.41, 5.74) is 2.29. The monoisotopic (exact) mass is 657 g/mol. The Hall–Kier alpha value is -5.52. The standard InChI is InChI=1S/C36H43N5O7/c1-36(2,3)48-35(47)40-30(21-24-22-37-28-13-9-8-12-27(24)28)33(44)38-29(18-19-41(4)25-10-6-5-7-11-25)32(43)39-31(34(45)46)20-23-14-16-26(42)17-15-23/h5-17,22,29-31,37,42H,18-21H2,1-4H3,(H,38,44)(H,39,43)(H,40,47)(H,45,46)/t29?,30-,31-/m0/s1. The number of aliphatic carboxylic acids is 1. The van der Waals surface area contributed by atoms with Crippen molar-refractivity contribution in [2.45, 2.75) is 63.8 Å². The molecule has 0 bridgehead atoms. The highest BCUT2D eigenvalue weighted by Gasteiger charge is 2.31. The summed E-state index contributed by atoms with van der Waals surface area (Å²) in [7, 11) is 1.85. The second-order valence-electron chi connectivity index (χ2n) is 12.6. The van der Waals surface area contributed by atoms with Gasteiger partial charge in [0.05, 0.1) is 0 Å². The van der Waals surface area contributed by atoms with Crippen molar-refractivity contribution >= 4 is 40.5 Å². The van der Waals surface area contributed by atoms with Crippen LogP contribution < -0.4 is 20.9 Å². The van der Waals surface area contributed by atoms with Gasteiger partial charge in [-0.1, -0.05) is 48.5 Å². The van der Waals surface area contributed by atoms with E-state index in [-0.39, 0.29) is 25.0 Å². The van der Waals surface area contributed by atoms with Gasteiger partial charge in [0.2, 0.25) is 11.8 Å². The largest absolute Gasteiger partial charge is 0.508 e. The fourth-order valence-electron chi connectivity index (χ4n) is 5.20. The molecule has 0 radical (unpaired) electrons. The molecule has 3 amide bonds. The zero-order chi connectivity index (χ0) is 34.8. The van der Waals surface area contributed by atoms with Gasteiger partial charge in [-0.2, -0.15) is 0 Å². The zero-order valence-corrected chi connectivity index (χ0v) is 27.5. The lowest BCUT2D eigenvalue weighted by atomic mass is 10.0. The molecule has 1 unspecified atom stereocenters. The number of carboxylic acids is 1. The number of ether oxygens (including phenoxy) is 1. The first-order chi connectivity index (χ1) is 22.8. The van der Waals surface area contributed by atoms with Gasteiger partial charge >= 0.3 is 12.1 Å². The van der Waals surface area contributed by atoms with Gasteiger partial charge in [-0.15, -0.1) is 0 Å². The number of phenolic OH excluding ortho intramolecular Hbond substituents is 1. The van der Waals surface area contributed by atoms with E-state index in [1.807, 2.05) is 66.5 Å². The van der Waals surface area contributed by atoms with E-state index >= 15 is 0 Å². The average Bonchev–Trinajstić information content (AvgIpc) is 3.45. The summed E-state index contributed by atoms with van der Waals surface area (Å²) in [6.07, 6.45) is 1.14. The molecule has 3 atom stereocenters. The molecule has 0 aliphatic carbocycles. The van der Waals surface area contributed by atoms with Crippen LogP contribution in [0, 0.1) is 0 Å². The molecule has 0 fully saturated rings. The number of para-hydroxylation sites is 2. The van der Waals surface area contributed by atoms with Gasteiger partial charge in [-0.25, -0.2) is 9.59 Å². The van der Waals surface area contributed by atoms with Crippen molar-refractivity contribution in [2.24, 2.45) is 0 Å². The summed E-state index contributed by atoms with van der Waals surface area (Å²) in [5, 5.41) is 28.5. The van der Waals surface area contributed by atoms with Crippen LogP contribution in [0.3, 0.4) is 0 Å². The Balaban J connectivity index is 1.58. The Morgan fingerprint density at radius 2 is 1.44 bits per heavy atom. The highest BCUT2D eigenvalue weighted by Crippen LogP contribution is 2.20. The van der Waals surface area contributed by atoms with Crippen LogP contribution >= 0.6 is 0 Å². The van der Waals surface area contributed by atoms with E-state index in [1.165, 1.54) is 12.1 Å². The van der Waals surface area contributed by atoms with Gasteiger partial charge in [0.1, 0.15) is 29.5 Å². The van der Waals surface area contributed by atoms with Crippen LogP contribution in [0.25, 0.3) is 10.9 Å². The molecule has 0 spiro atoms. The Labute approximate surface area is 279 Å². The van der Waals surface area contributed by atoms with Crippen molar-refractivity contribution in [1.29, 1.82) is 0 Å². The molecule has 0 saturated heterocycles. The number of nitrogens with zero attached hydrogens (tertiary/aromatic N) is 1. The normalized spacial score (nSPS) is 13.2. The van der Waals surface area contributed by atoms with Gasteiger partial charge in [-0.05, 0) is 68.7 Å². The summed E-state index contributed by atoms with van der Waals surface area (Å²) >= 11 is 0. The number of carbonyl (C=O) groups is 4. The number of carbonyl (C=O) groups excluding carboxylic acids is 3. The first-order valence-electron chi connectivity index (χ1n) is 15.7. The molecular weight excluding hydrogens is 614 g/mol. The molecular formula is C36H43N5O7. The van der Waals surface area contributed by atoms with Gasteiger partial charge in [0.15, 0.2) is 0 Å². The minimum atomic E-state index is -1.31. The van der Waals surface area contributed by atoms with Crippen LogP contribution in [-0.2, 0) is 32.0 Å². The lowest BCUT2D eigenvalue weighted by Gasteiger charge is -2.27. The van der Waals surface area contributed by atoms with Crippen molar-refractivity contribution in [3.63, 3.8) is 0 Å². The SMILES string of the molecule is CN(CCC(NC(=O)[C@H](Cc1c[nH]c2ccccc12)NC(=O)OC(C)(C)C)C(=O)N[C@@H](Cc1ccc(O)cc1)C(=O)O)c1ccccc1. The van der Waals surface area contributed by atoms with Gasteiger partial charge in [0.25, 0.3) is 0 Å². The van der Waals surface area contributed by atoms with E-state index < -0.39 is 47.6 Å². The van der Waals surface area contributed by atoms with Crippen molar-refractivity contribution < 1.29 is 34.1 Å². The molecule has 12 nitrogen and oxygen atoms in total.